The molecule has 0 amide bonds. The van der Waals surface area contributed by atoms with E-state index in [1.807, 2.05) is 0 Å². The molecule has 3 heteroatoms. The highest BCUT2D eigenvalue weighted by atomic mass is 15.1. The SMILES string of the molecule is CC(NCC1CCN(C)C1)C1CCN(C)CC1. The summed E-state index contributed by atoms with van der Waals surface area (Å²) in [4.78, 5) is 4.90. The Morgan fingerprint density at radius 1 is 1.06 bits per heavy atom. The summed E-state index contributed by atoms with van der Waals surface area (Å²) in [5, 5.41) is 3.78. The first-order chi connectivity index (χ1) is 8.15. The van der Waals surface area contributed by atoms with Crippen molar-refractivity contribution in [2.24, 2.45) is 11.8 Å². The fraction of sp³-hybridized carbons (Fsp3) is 1.00. The van der Waals surface area contributed by atoms with Gasteiger partial charge in [-0.05, 0) is 78.3 Å². The highest BCUT2D eigenvalue weighted by Gasteiger charge is 2.24. The van der Waals surface area contributed by atoms with Crippen molar-refractivity contribution >= 4 is 0 Å². The van der Waals surface area contributed by atoms with Crippen LogP contribution in [0.3, 0.4) is 0 Å². The zero-order chi connectivity index (χ0) is 12.3. The Morgan fingerprint density at radius 2 is 1.71 bits per heavy atom. The highest BCUT2D eigenvalue weighted by Crippen LogP contribution is 2.20. The van der Waals surface area contributed by atoms with E-state index in [4.69, 9.17) is 0 Å². The van der Waals surface area contributed by atoms with Gasteiger partial charge >= 0.3 is 0 Å². The van der Waals surface area contributed by atoms with Crippen LogP contribution in [-0.2, 0) is 0 Å². The molecule has 0 bridgehead atoms. The maximum absolute atomic E-state index is 3.78. The molecule has 1 N–H and O–H groups in total. The Hall–Kier alpha value is -0.120. The third kappa shape index (κ3) is 3.94. The van der Waals surface area contributed by atoms with Crippen LogP contribution >= 0.6 is 0 Å². The number of hydrogen-bond acceptors (Lipinski definition) is 3. The average molecular weight is 239 g/mol. The van der Waals surface area contributed by atoms with Crippen LogP contribution in [0, 0.1) is 11.8 Å². The average Bonchev–Trinajstić information content (AvgIpc) is 2.73. The quantitative estimate of drug-likeness (QED) is 0.797. The van der Waals surface area contributed by atoms with Crippen molar-refractivity contribution in [1.29, 1.82) is 0 Å². The van der Waals surface area contributed by atoms with E-state index < -0.39 is 0 Å². The minimum absolute atomic E-state index is 0.703. The topological polar surface area (TPSA) is 18.5 Å². The summed E-state index contributed by atoms with van der Waals surface area (Å²) < 4.78 is 0. The van der Waals surface area contributed by atoms with Gasteiger partial charge in [0.1, 0.15) is 0 Å². The Kier molecular flexibility index (Phi) is 4.83. The Labute approximate surface area is 107 Å². The van der Waals surface area contributed by atoms with Gasteiger partial charge in [-0.3, -0.25) is 0 Å². The maximum atomic E-state index is 3.78. The summed E-state index contributed by atoms with van der Waals surface area (Å²) >= 11 is 0. The molecule has 2 atom stereocenters. The first-order valence-electron chi connectivity index (χ1n) is 7.25. The molecule has 2 rings (SSSR count). The number of piperidine rings is 1. The van der Waals surface area contributed by atoms with Crippen LogP contribution in [0.4, 0.5) is 0 Å². The molecule has 2 saturated heterocycles. The second kappa shape index (κ2) is 6.17. The highest BCUT2D eigenvalue weighted by molar-refractivity contribution is 4.81. The largest absolute Gasteiger partial charge is 0.314 e. The summed E-state index contributed by atoms with van der Waals surface area (Å²) in [6.07, 6.45) is 4.12. The van der Waals surface area contributed by atoms with E-state index in [2.05, 4.69) is 36.1 Å². The van der Waals surface area contributed by atoms with Crippen molar-refractivity contribution in [3.63, 3.8) is 0 Å². The van der Waals surface area contributed by atoms with Crippen molar-refractivity contribution in [2.75, 3.05) is 46.8 Å². The lowest BCUT2D eigenvalue weighted by Crippen LogP contribution is -2.42. The number of hydrogen-bond donors (Lipinski definition) is 1. The van der Waals surface area contributed by atoms with E-state index in [0.29, 0.717) is 6.04 Å². The van der Waals surface area contributed by atoms with Gasteiger partial charge in [-0.1, -0.05) is 0 Å². The normalized spacial score (nSPS) is 30.9. The summed E-state index contributed by atoms with van der Waals surface area (Å²) in [5.41, 5.74) is 0. The van der Waals surface area contributed by atoms with E-state index in [0.717, 1.165) is 11.8 Å². The van der Waals surface area contributed by atoms with Gasteiger partial charge < -0.3 is 15.1 Å². The van der Waals surface area contributed by atoms with Gasteiger partial charge in [0.2, 0.25) is 0 Å². The van der Waals surface area contributed by atoms with Gasteiger partial charge in [0.25, 0.3) is 0 Å². The molecule has 3 nitrogen and oxygen atoms in total. The molecule has 100 valence electrons. The van der Waals surface area contributed by atoms with E-state index in [1.54, 1.807) is 0 Å². The minimum atomic E-state index is 0.703. The monoisotopic (exact) mass is 239 g/mol. The second-order valence-electron chi connectivity index (χ2n) is 6.25. The van der Waals surface area contributed by atoms with Crippen LogP contribution in [-0.4, -0.2) is 62.7 Å². The van der Waals surface area contributed by atoms with E-state index in [9.17, 15) is 0 Å². The summed E-state index contributed by atoms with van der Waals surface area (Å²) in [5.74, 6) is 1.78. The lowest BCUT2D eigenvalue weighted by molar-refractivity contribution is 0.187. The zero-order valence-corrected chi connectivity index (χ0v) is 11.8. The van der Waals surface area contributed by atoms with Crippen LogP contribution < -0.4 is 5.32 Å². The van der Waals surface area contributed by atoms with Gasteiger partial charge in [-0.15, -0.1) is 0 Å². The first kappa shape index (κ1) is 13.3. The minimum Gasteiger partial charge on any atom is -0.314 e. The predicted octanol–water partition coefficient (Wildman–Crippen LogP) is 1.26. The van der Waals surface area contributed by atoms with Crippen molar-refractivity contribution in [3.05, 3.63) is 0 Å². The Morgan fingerprint density at radius 3 is 2.29 bits per heavy atom. The van der Waals surface area contributed by atoms with Gasteiger partial charge in [0, 0.05) is 12.6 Å². The molecule has 0 radical (unpaired) electrons. The number of nitrogens with zero attached hydrogens (tertiary/aromatic N) is 2. The molecular weight excluding hydrogens is 210 g/mol. The fourth-order valence-electron chi connectivity index (χ4n) is 3.24. The molecule has 2 aliphatic heterocycles. The third-order valence-electron chi connectivity index (χ3n) is 4.69. The molecular formula is C14H29N3. The number of rotatable bonds is 4. The maximum Gasteiger partial charge on any atom is 0.00680 e. The third-order valence-corrected chi connectivity index (χ3v) is 4.69. The molecule has 0 aromatic rings. The van der Waals surface area contributed by atoms with Crippen LogP contribution in [0.25, 0.3) is 0 Å². The van der Waals surface area contributed by atoms with Crippen LogP contribution in [0.15, 0.2) is 0 Å². The van der Waals surface area contributed by atoms with Crippen molar-refractivity contribution < 1.29 is 0 Å². The van der Waals surface area contributed by atoms with E-state index in [-0.39, 0.29) is 0 Å². The number of likely N-dealkylation sites (tertiary alicyclic amines) is 2. The van der Waals surface area contributed by atoms with Crippen molar-refractivity contribution in [3.8, 4) is 0 Å². The zero-order valence-electron chi connectivity index (χ0n) is 11.8. The molecule has 2 fully saturated rings. The molecule has 2 heterocycles. The molecule has 0 saturated carbocycles. The standard InChI is InChI=1S/C14H29N3/c1-12(14-5-8-16(2)9-6-14)15-10-13-4-7-17(3)11-13/h12-15H,4-11H2,1-3H3. The molecule has 0 aromatic heterocycles. The Bertz CT molecular complexity index is 224. The van der Waals surface area contributed by atoms with E-state index in [1.165, 1.54) is 52.0 Å². The van der Waals surface area contributed by atoms with E-state index >= 15 is 0 Å². The van der Waals surface area contributed by atoms with Gasteiger partial charge in [0.15, 0.2) is 0 Å². The van der Waals surface area contributed by atoms with Gasteiger partial charge in [-0.2, -0.15) is 0 Å². The predicted molar refractivity (Wildman–Crippen MR) is 73.3 cm³/mol. The molecule has 0 aliphatic carbocycles. The number of nitrogens with one attached hydrogen (secondary N) is 1. The van der Waals surface area contributed by atoms with Crippen LogP contribution in [0.1, 0.15) is 26.2 Å². The fourth-order valence-corrected chi connectivity index (χ4v) is 3.24. The lowest BCUT2D eigenvalue weighted by Gasteiger charge is -2.33. The summed E-state index contributed by atoms with van der Waals surface area (Å²) in [6.45, 7) is 8.74. The molecule has 2 unspecified atom stereocenters. The van der Waals surface area contributed by atoms with Crippen LogP contribution in [0.5, 0.6) is 0 Å². The molecule has 0 aromatic carbocycles. The summed E-state index contributed by atoms with van der Waals surface area (Å²) in [7, 11) is 4.48. The van der Waals surface area contributed by atoms with Crippen LogP contribution in [0.2, 0.25) is 0 Å². The van der Waals surface area contributed by atoms with Gasteiger partial charge in [0.05, 0.1) is 0 Å². The van der Waals surface area contributed by atoms with Gasteiger partial charge in [-0.25, -0.2) is 0 Å². The molecule has 17 heavy (non-hydrogen) atoms. The van der Waals surface area contributed by atoms with Crippen molar-refractivity contribution in [2.45, 2.75) is 32.2 Å². The smallest absolute Gasteiger partial charge is 0.00680 e. The molecule has 2 aliphatic rings. The molecule has 0 spiro atoms. The second-order valence-corrected chi connectivity index (χ2v) is 6.25. The summed E-state index contributed by atoms with van der Waals surface area (Å²) in [6, 6.07) is 0.703. The lowest BCUT2D eigenvalue weighted by atomic mass is 9.90. The van der Waals surface area contributed by atoms with Crippen molar-refractivity contribution in [1.82, 2.24) is 15.1 Å². The Balaban J connectivity index is 1.65. The first-order valence-corrected chi connectivity index (χ1v) is 7.25.